The molecule has 2 N–H and O–H groups in total. The lowest BCUT2D eigenvalue weighted by molar-refractivity contribution is -0.0592. The van der Waals surface area contributed by atoms with Crippen LogP contribution in [0.15, 0.2) is 0 Å². The molecule has 0 aromatic carbocycles. The van der Waals surface area contributed by atoms with Crippen molar-refractivity contribution in [2.24, 2.45) is 5.90 Å². The lowest BCUT2D eigenvalue weighted by atomic mass is 10.3. The third kappa shape index (κ3) is 6.03. The predicted octanol–water partition coefficient (Wildman–Crippen LogP) is 1.80. The predicted molar refractivity (Wildman–Crippen MR) is 56.8 cm³/mol. The SMILES string of the molecule is CCC(ON)N(CC)CC.Cl.Cl. The first kappa shape index (κ1) is 18.3. The standard InChI is InChI=1S/C7H18N2O.2ClH/c1-4-7(10-8)9(5-2)6-3;;/h7H,4-6,8H2,1-3H3;2*1H. The number of halogens is 2. The van der Waals surface area contributed by atoms with Crippen LogP contribution < -0.4 is 5.90 Å². The molecule has 1 unspecified atom stereocenters. The fourth-order valence-electron chi connectivity index (χ4n) is 1.07. The van der Waals surface area contributed by atoms with Gasteiger partial charge in [0.1, 0.15) is 6.23 Å². The van der Waals surface area contributed by atoms with Crippen LogP contribution >= 0.6 is 24.8 Å². The van der Waals surface area contributed by atoms with E-state index >= 15 is 0 Å². The highest BCUT2D eigenvalue weighted by atomic mass is 35.5. The van der Waals surface area contributed by atoms with Gasteiger partial charge in [0.15, 0.2) is 0 Å². The number of nitrogens with zero attached hydrogens (tertiary/aromatic N) is 1. The molecule has 0 aliphatic heterocycles. The van der Waals surface area contributed by atoms with Crippen molar-refractivity contribution < 1.29 is 4.84 Å². The molecule has 0 saturated heterocycles. The minimum atomic E-state index is 0. The summed E-state index contributed by atoms with van der Waals surface area (Å²) in [4.78, 5) is 6.95. The van der Waals surface area contributed by atoms with E-state index in [4.69, 9.17) is 10.7 Å². The summed E-state index contributed by atoms with van der Waals surface area (Å²) in [5.41, 5.74) is 0. The van der Waals surface area contributed by atoms with E-state index in [0.29, 0.717) is 0 Å². The van der Waals surface area contributed by atoms with Crippen molar-refractivity contribution in [1.82, 2.24) is 4.90 Å². The van der Waals surface area contributed by atoms with E-state index in [1.54, 1.807) is 0 Å². The van der Waals surface area contributed by atoms with Gasteiger partial charge in [-0.25, -0.2) is 5.90 Å². The Kier molecular flexibility index (Phi) is 17.5. The molecule has 0 heterocycles. The minimum Gasteiger partial charge on any atom is -0.286 e. The number of nitrogens with two attached hydrogens (primary N) is 1. The summed E-state index contributed by atoms with van der Waals surface area (Å²) >= 11 is 0. The second-order valence-corrected chi connectivity index (χ2v) is 2.22. The Morgan fingerprint density at radius 2 is 1.58 bits per heavy atom. The average molecular weight is 219 g/mol. The molecule has 0 aliphatic carbocycles. The number of rotatable bonds is 5. The quantitative estimate of drug-likeness (QED) is 0.566. The van der Waals surface area contributed by atoms with Gasteiger partial charge in [0.2, 0.25) is 0 Å². The summed E-state index contributed by atoms with van der Waals surface area (Å²) in [6, 6.07) is 0. The highest BCUT2D eigenvalue weighted by Gasteiger charge is 2.11. The smallest absolute Gasteiger partial charge is 0.131 e. The number of hydrogen-bond acceptors (Lipinski definition) is 3. The second kappa shape index (κ2) is 11.5. The summed E-state index contributed by atoms with van der Waals surface area (Å²) in [5.74, 6) is 5.09. The summed E-state index contributed by atoms with van der Waals surface area (Å²) in [5, 5.41) is 0. The molecule has 5 heteroatoms. The van der Waals surface area contributed by atoms with Crippen molar-refractivity contribution in [3.05, 3.63) is 0 Å². The van der Waals surface area contributed by atoms with Crippen molar-refractivity contribution in [3.8, 4) is 0 Å². The molecular formula is C7H20Cl2N2O. The van der Waals surface area contributed by atoms with Gasteiger partial charge in [-0.15, -0.1) is 24.8 Å². The van der Waals surface area contributed by atoms with Crippen LogP contribution in [-0.4, -0.2) is 24.2 Å². The third-order valence-electron chi connectivity index (χ3n) is 1.73. The molecule has 0 bridgehead atoms. The zero-order valence-corrected chi connectivity index (χ0v) is 9.58. The maximum Gasteiger partial charge on any atom is 0.131 e. The van der Waals surface area contributed by atoms with E-state index in [-0.39, 0.29) is 31.0 Å². The van der Waals surface area contributed by atoms with Crippen LogP contribution in [0, 0.1) is 0 Å². The fourth-order valence-corrected chi connectivity index (χ4v) is 1.07. The molecule has 3 nitrogen and oxygen atoms in total. The second-order valence-electron chi connectivity index (χ2n) is 2.22. The van der Waals surface area contributed by atoms with Gasteiger partial charge >= 0.3 is 0 Å². The molecule has 0 fully saturated rings. The summed E-state index contributed by atoms with van der Waals surface area (Å²) in [6.07, 6.45) is 1.04. The molecule has 78 valence electrons. The van der Waals surface area contributed by atoms with Crippen LogP contribution in [0.5, 0.6) is 0 Å². The molecule has 1 atom stereocenters. The number of hydrogen-bond donors (Lipinski definition) is 1. The van der Waals surface area contributed by atoms with Crippen molar-refractivity contribution >= 4 is 24.8 Å². The van der Waals surface area contributed by atoms with E-state index in [1.807, 2.05) is 0 Å². The van der Waals surface area contributed by atoms with Crippen molar-refractivity contribution in [2.75, 3.05) is 13.1 Å². The maximum atomic E-state index is 5.09. The Hall–Kier alpha value is 0.460. The van der Waals surface area contributed by atoms with Crippen LogP contribution in [-0.2, 0) is 4.84 Å². The van der Waals surface area contributed by atoms with Crippen molar-refractivity contribution in [1.29, 1.82) is 0 Å². The van der Waals surface area contributed by atoms with E-state index in [2.05, 4.69) is 25.7 Å². The van der Waals surface area contributed by atoms with E-state index in [1.165, 1.54) is 0 Å². The van der Waals surface area contributed by atoms with E-state index in [0.717, 1.165) is 19.5 Å². The highest BCUT2D eigenvalue weighted by molar-refractivity contribution is 5.85. The molecule has 0 amide bonds. The van der Waals surface area contributed by atoms with Gasteiger partial charge < -0.3 is 0 Å². The maximum absolute atomic E-state index is 5.09. The summed E-state index contributed by atoms with van der Waals surface area (Å²) in [6.45, 7) is 8.25. The molecule has 12 heavy (non-hydrogen) atoms. The highest BCUT2D eigenvalue weighted by Crippen LogP contribution is 2.01. The topological polar surface area (TPSA) is 38.5 Å². The van der Waals surface area contributed by atoms with Crippen LogP contribution in [0.4, 0.5) is 0 Å². The zero-order valence-electron chi connectivity index (χ0n) is 7.95. The van der Waals surface area contributed by atoms with Crippen LogP contribution in [0.3, 0.4) is 0 Å². The molecule has 0 aliphatic rings. The first-order chi connectivity index (χ1) is 4.79. The summed E-state index contributed by atoms with van der Waals surface area (Å²) < 4.78 is 0. The molecule has 0 aromatic heterocycles. The lowest BCUT2D eigenvalue weighted by Crippen LogP contribution is -2.38. The zero-order chi connectivity index (χ0) is 7.98. The minimum absolute atomic E-state index is 0. The van der Waals surface area contributed by atoms with Gasteiger partial charge in [-0.3, -0.25) is 9.74 Å². The Morgan fingerprint density at radius 3 is 1.67 bits per heavy atom. The van der Waals surface area contributed by atoms with Gasteiger partial charge in [0, 0.05) is 0 Å². The van der Waals surface area contributed by atoms with Gasteiger partial charge in [-0.1, -0.05) is 20.8 Å². The molecule has 0 aromatic rings. The molecule has 0 saturated carbocycles. The van der Waals surface area contributed by atoms with E-state index in [9.17, 15) is 0 Å². The van der Waals surface area contributed by atoms with Crippen LogP contribution in [0.1, 0.15) is 27.2 Å². The molecular weight excluding hydrogens is 199 g/mol. The fraction of sp³-hybridized carbons (Fsp3) is 1.00. The van der Waals surface area contributed by atoms with Gasteiger partial charge in [0.25, 0.3) is 0 Å². The Balaban J connectivity index is -0.000000405. The normalized spacial score (nSPS) is 11.8. The lowest BCUT2D eigenvalue weighted by Gasteiger charge is -2.25. The van der Waals surface area contributed by atoms with Crippen molar-refractivity contribution in [3.63, 3.8) is 0 Å². The molecule has 0 spiro atoms. The van der Waals surface area contributed by atoms with Crippen LogP contribution in [0.2, 0.25) is 0 Å². The molecule has 0 rings (SSSR count). The van der Waals surface area contributed by atoms with Crippen LogP contribution in [0.25, 0.3) is 0 Å². The first-order valence-electron chi connectivity index (χ1n) is 3.89. The Morgan fingerprint density at radius 1 is 1.17 bits per heavy atom. The Bertz CT molecular complexity index is 67.8. The largest absolute Gasteiger partial charge is 0.286 e. The summed E-state index contributed by atoms with van der Waals surface area (Å²) in [7, 11) is 0. The first-order valence-corrected chi connectivity index (χ1v) is 3.89. The molecule has 0 radical (unpaired) electrons. The average Bonchev–Trinajstić information content (AvgIpc) is 2.00. The Labute approximate surface area is 87.4 Å². The van der Waals surface area contributed by atoms with Gasteiger partial charge in [-0.2, -0.15) is 0 Å². The van der Waals surface area contributed by atoms with Gasteiger partial charge in [0.05, 0.1) is 0 Å². The van der Waals surface area contributed by atoms with E-state index < -0.39 is 0 Å². The van der Waals surface area contributed by atoms with Crippen molar-refractivity contribution in [2.45, 2.75) is 33.4 Å². The third-order valence-corrected chi connectivity index (χ3v) is 1.73. The van der Waals surface area contributed by atoms with Gasteiger partial charge in [-0.05, 0) is 19.5 Å². The monoisotopic (exact) mass is 218 g/mol.